The van der Waals surface area contributed by atoms with Crippen molar-refractivity contribution in [1.29, 1.82) is 0 Å². The lowest BCUT2D eigenvalue weighted by Gasteiger charge is -2.20. The van der Waals surface area contributed by atoms with E-state index < -0.39 is 0 Å². The van der Waals surface area contributed by atoms with E-state index in [0.29, 0.717) is 17.6 Å². The highest BCUT2D eigenvalue weighted by atomic mass is 16.1. The number of allylic oxidation sites excluding steroid dienone is 2. The Hall–Kier alpha value is -0.590. The molecule has 1 atom stereocenters. The van der Waals surface area contributed by atoms with Crippen LogP contribution in [-0.4, -0.2) is 5.78 Å². The summed E-state index contributed by atoms with van der Waals surface area (Å²) in [5.74, 6) is 1.54. The fraction of sp³-hybridized carbons (Fsp3) is 0.667. The summed E-state index contributed by atoms with van der Waals surface area (Å²) in [6.07, 6.45) is 5.55. The SMILES string of the molecule is CC(C)C1CC=CC(=O)C1. The standard InChI is InChI=1S/C9H14O/c1-7(2)8-4-3-5-9(10)6-8/h3,5,7-8H,4,6H2,1-2H3. The molecule has 0 heterocycles. The van der Waals surface area contributed by atoms with E-state index in [-0.39, 0.29) is 0 Å². The molecule has 0 spiro atoms. The average Bonchev–Trinajstić information content (AvgIpc) is 1.88. The van der Waals surface area contributed by atoms with Gasteiger partial charge in [-0.15, -0.1) is 0 Å². The highest BCUT2D eigenvalue weighted by Crippen LogP contribution is 2.23. The van der Waals surface area contributed by atoms with E-state index in [2.05, 4.69) is 13.8 Å². The lowest BCUT2D eigenvalue weighted by atomic mass is 9.85. The molecule has 1 heteroatoms. The van der Waals surface area contributed by atoms with Crippen LogP contribution in [0.15, 0.2) is 12.2 Å². The first-order valence-electron chi connectivity index (χ1n) is 3.89. The molecule has 0 aromatic rings. The molecule has 10 heavy (non-hydrogen) atoms. The second-order valence-electron chi connectivity index (χ2n) is 3.31. The molecule has 1 unspecified atom stereocenters. The van der Waals surface area contributed by atoms with Gasteiger partial charge in [0.05, 0.1) is 0 Å². The number of hydrogen-bond acceptors (Lipinski definition) is 1. The van der Waals surface area contributed by atoms with Gasteiger partial charge in [-0.25, -0.2) is 0 Å². The molecule has 0 N–H and O–H groups in total. The topological polar surface area (TPSA) is 17.1 Å². The highest BCUT2D eigenvalue weighted by Gasteiger charge is 2.17. The van der Waals surface area contributed by atoms with Crippen molar-refractivity contribution in [3.63, 3.8) is 0 Å². The fourth-order valence-corrected chi connectivity index (χ4v) is 1.29. The van der Waals surface area contributed by atoms with Crippen molar-refractivity contribution in [1.82, 2.24) is 0 Å². The van der Waals surface area contributed by atoms with Crippen LogP contribution < -0.4 is 0 Å². The van der Waals surface area contributed by atoms with Gasteiger partial charge >= 0.3 is 0 Å². The molecule has 0 aromatic heterocycles. The van der Waals surface area contributed by atoms with Crippen LogP contribution in [0, 0.1) is 11.8 Å². The Bertz CT molecular complexity index is 156. The number of carbonyl (C=O) groups is 1. The summed E-state index contributed by atoms with van der Waals surface area (Å²) in [5, 5.41) is 0. The molecule has 0 saturated carbocycles. The molecule has 0 radical (unpaired) electrons. The molecule has 1 aliphatic rings. The van der Waals surface area contributed by atoms with Crippen LogP contribution in [0.1, 0.15) is 26.7 Å². The van der Waals surface area contributed by atoms with Crippen LogP contribution in [-0.2, 0) is 4.79 Å². The van der Waals surface area contributed by atoms with Crippen LogP contribution in [0.4, 0.5) is 0 Å². The van der Waals surface area contributed by atoms with Gasteiger partial charge in [0.1, 0.15) is 0 Å². The van der Waals surface area contributed by atoms with E-state index in [1.165, 1.54) is 0 Å². The summed E-state index contributed by atoms with van der Waals surface area (Å²) in [6.45, 7) is 4.36. The molecule has 0 amide bonds. The van der Waals surface area contributed by atoms with Crippen molar-refractivity contribution in [2.24, 2.45) is 11.8 Å². The van der Waals surface area contributed by atoms with Gasteiger partial charge in [0, 0.05) is 6.42 Å². The number of carbonyl (C=O) groups excluding carboxylic acids is 1. The van der Waals surface area contributed by atoms with Gasteiger partial charge in [-0.3, -0.25) is 4.79 Å². The van der Waals surface area contributed by atoms with E-state index in [4.69, 9.17) is 0 Å². The van der Waals surface area contributed by atoms with Crippen molar-refractivity contribution < 1.29 is 4.79 Å². The van der Waals surface area contributed by atoms with Crippen molar-refractivity contribution in [2.45, 2.75) is 26.7 Å². The van der Waals surface area contributed by atoms with E-state index >= 15 is 0 Å². The number of ketones is 1. The lowest BCUT2D eigenvalue weighted by Crippen LogP contribution is -2.15. The largest absolute Gasteiger partial charge is 0.295 e. The highest BCUT2D eigenvalue weighted by molar-refractivity contribution is 5.90. The van der Waals surface area contributed by atoms with Crippen LogP contribution >= 0.6 is 0 Å². The van der Waals surface area contributed by atoms with Crippen LogP contribution in [0.3, 0.4) is 0 Å². The molecule has 0 aromatic carbocycles. The Kier molecular flexibility index (Phi) is 2.25. The zero-order valence-corrected chi connectivity index (χ0v) is 6.63. The van der Waals surface area contributed by atoms with Gasteiger partial charge in [0.15, 0.2) is 5.78 Å². The van der Waals surface area contributed by atoms with Crippen LogP contribution in [0.25, 0.3) is 0 Å². The summed E-state index contributed by atoms with van der Waals surface area (Å²) in [7, 11) is 0. The molecule has 0 aliphatic heterocycles. The average molecular weight is 138 g/mol. The molecular weight excluding hydrogens is 124 g/mol. The first-order valence-corrected chi connectivity index (χ1v) is 3.89. The summed E-state index contributed by atoms with van der Waals surface area (Å²) in [5.41, 5.74) is 0. The van der Waals surface area contributed by atoms with Crippen molar-refractivity contribution in [3.05, 3.63) is 12.2 Å². The molecule has 1 aliphatic carbocycles. The van der Waals surface area contributed by atoms with Gasteiger partial charge < -0.3 is 0 Å². The van der Waals surface area contributed by atoms with E-state index in [0.717, 1.165) is 12.8 Å². The third kappa shape index (κ3) is 1.69. The lowest BCUT2D eigenvalue weighted by molar-refractivity contribution is -0.116. The predicted molar refractivity (Wildman–Crippen MR) is 41.7 cm³/mol. The second-order valence-corrected chi connectivity index (χ2v) is 3.31. The smallest absolute Gasteiger partial charge is 0.155 e. The van der Waals surface area contributed by atoms with Crippen LogP contribution in [0.5, 0.6) is 0 Å². The Morgan fingerprint density at radius 3 is 2.70 bits per heavy atom. The second kappa shape index (κ2) is 3.00. The Morgan fingerprint density at radius 2 is 2.30 bits per heavy atom. The zero-order chi connectivity index (χ0) is 7.56. The maximum atomic E-state index is 10.9. The number of hydrogen-bond donors (Lipinski definition) is 0. The van der Waals surface area contributed by atoms with Gasteiger partial charge in [-0.1, -0.05) is 19.9 Å². The normalized spacial score (nSPS) is 25.9. The maximum absolute atomic E-state index is 10.9. The molecule has 0 fully saturated rings. The first-order chi connectivity index (χ1) is 4.70. The van der Waals surface area contributed by atoms with Gasteiger partial charge in [0.2, 0.25) is 0 Å². The third-order valence-electron chi connectivity index (χ3n) is 2.15. The molecule has 0 saturated heterocycles. The minimum absolute atomic E-state index is 0.296. The zero-order valence-electron chi connectivity index (χ0n) is 6.63. The van der Waals surface area contributed by atoms with Crippen LogP contribution in [0.2, 0.25) is 0 Å². The Labute approximate surface area is 62.1 Å². The van der Waals surface area contributed by atoms with Gasteiger partial charge in [-0.05, 0) is 24.3 Å². The minimum Gasteiger partial charge on any atom is -0.295 e. The van der Waals surface area contributed by atoms with Gasteiger partial charge in [-0.2, -0.15) is 0 Å². The summed E-state index contributed by atoms with van der Waals surface area (Å²) < 4.78 is 0. The van der Waals surface area contributed by atoms with Crippen molar-refractivity contribution in [2.75, 3.05) is 0 Å². The quantitative estimate of drug-likeness (QED) is 0.542. The molecular formula is C9H14O. The van der Waals surface area contributed by atoms with E-state index in [1.54, 1.807) is 6.08 Å². The predicted octanol–water partition coefficient (Wildman–Crippen LogP) is 2.18. The van der Waals surface area contributed by atoms with Crippen molar-refractivity contribution >= 4 is 5.78 Å². The molecule has 1 rings (SSSR count). The van der Waals surface area contributed by atoms with E-state index in [9.17, 15) is 4.79 Å². The van der Waals surface area contributed by atoms with Gasteiger partial charge in [0.25, 0.3) is 0 Å². The van der Waals surface area contributed by atoms with E-state index in [1.807, 2.05) is 6.08 Å². The summed E-state index contributed by atoms with van der Waals surface area (Å²) in [6, 6.07) is 0. The fourth-order valence-electron chi connectivity index (χ4n) is 1.29. The minimum atomic E-state index is 0.296. The molecule has 1 nitrogen and oxygen atoms in total. The third-order valence-corrected chi connectivity index (χ3v) is 2.15. The first kappa shape index (κ1) is 7.52. The number of rotatable bonds is 1. The monoisotopic (exact) mass is 138 g/mol. The molecule has 0 bridgehead atoms. The van der Waals surface area contributed by atoms with Crippen molar-refractivity contribution in [3.8, 4) is 0 Å². The Balaban J connectivity index is 2.52. The summed E-state index contributed by atoms with van der Waals surface area (Å²) >= 11 is 0. The summed E-state index contributed by atoms with van der Waals surface area (Å²) in [4.78, 5) is 10.9. The Morgan fingerprint density at radius 1 is 1.60 bits per heavy atom. The molecule has 56 valence electrons. The maximum Gasteiger partial charge on any atom is 0.155 e.